The molecular weight excluding hydrogens is 270 g/mol. The molecule has 1 fully saturated rings. The molecule has 1 heterocycles. The molecule has 0 spiro atoms. The van der Waals surface area contributed by atoms with Gasteiger partial charge in [0, 0.05) is 17.8 Å². The van der Waals surface area contributed by atoms with Gasteiger partial charge >= 0.3 is 7.12 Å². The summed E-state index contributed by atoms with van der Waals surface area (Å²) in [6.45, 7) is 8.06. The maximum Gasteiger partial charge on any atom is 0.491 e. The van der Waals surface area contributed by atoms with Crippen molar-refractivity contribution in [2.24, 2.45) is 5.73 Å². The van der Waals surface area contributed by atoms with Crippen molar-refractivity contribution < 1.29 is 13.7 Å². The van der Waals surface area contributed by atoms with Crippen molar-refractivity contribution in [1.29, 1.82) is 0 Å². The number of nitrogen functional groups attached to an aromatic ring is 1. The van der Waals surface area contributed by atoms with E-state index >= 15 is 0 Å². The highest BCUT2D eigenvalue weighted by Gasteiger charge is 2.52. The summed E-state index contributed by atoms with van der Waals surface area (Å²) in [5, 5.41) is 0. The third-order valence-electron chi connectivity index (χ3n) is 4.15. The van der Waals surface area contributed by atoms with Crippen molar-refractivity contribution >= 4 is 18.9 Å². The van der Waals surface area contributed by atoms with Crippen molar-refractivity contribution in [2.75, 3.05) is 12.3 Å². The van der Waals surface area contributed by atoms with Crippen LogP contribution in [0.5, 0.6) is 0 Å². The van der Waals surface area contributed by atoms with Crippen molar-refractivity contribution in [3.63, 3.8) is 0 Å². The Kier molecular flexibility index (Phi) is 4.15. The molecule has 0 saturated carbocycles. The summed E-state index contributed by atoms with van der Waals surface area (Å²) in [4.78, 5) is 0. The summed E-state index contributed by atoms with van der Waals surface area (Å²) in [6, 6.07) is 4.42. The van der Waals surface area contributed by atoms with Crippen LogP contribution < -0.4 is 11.5 Å². The van der Waals surface area contributed by atoms with Gasteiger partial charge in [0.15, 0.2) is 0 Å². The molecule has 4 N–H and O–H groups in total. The molecule has 4 nitrogen and oxygen atoms in total. The Morgan fingerprint density at radius 3 is 2.33 bits per heavy atom. The van der Waals surface area contributed by atoms with E-state index < -0.39 is 18.3 Å². The predicted molar refractivity (Wildman–Crippen MR) is 83.9 cm³/mol. The molecule has 1 saturated heterocycles. The van der Waals surface area contributed by atoms with Crippen LogP contribution in [-0.4, -0.2) is 24.9 Å². The minimum absolute atomic E-state index is 0.213. The molecule has 1 aromatic rings. The van der Waals surface area contributed by atoms with E-state index in [0.29, 0.717) is 16.7 Å². The highest BCUT2D eigenvalue weighted by molar-refractivity contribution is 6.55. The van der Waals surface area contributed by atoms with E-state index in [9.17, 15) is 4.39 Å². The molecule has 1 aromatic carbocycles. The Morgan fingerprint density at radius 1 is 1.24 bits per heavy atom. The highest BCUT2D eigenvalue weighted by atomic mass is 19.1. The van der Waals surface area contributed by atoms with Crippen LogP contribution in [0.4, 0.5) is 10.1 Å². The maximum absolute atomic E-state index is 13.8. The number of hydrogen-bond donors (Lipinski definition) is 2. The molecule has 0 atom stereocenters. The summed E-state index contributed by atoms with van der Waals surface area (Å²) in [7, 11) is -0.583. The van der Waals surface area contributed by atoms with E-state index in [1.54, 1.807) is 12.1 Å². The molecular formula is C15H22BFN2O2. The molecule has 1 aliphatic rings. The van der Waals surface area contributed by atoms with Gasteiger partial charge in [-0.2, -0.15) is 0 Å². The minimum atomic E-state index is -0.583. The quantitative estimate of drug-likeness (QED) is 0.663. The van der Waals surface area contributed by atoms with E-state index in [-0.39, 0.29) is 12.4 Å². The van der Waals surface area contributed by atoms with Gasteiger partial charge in [0.05, 0.1) is 11.2 Å². The van der Waals surface area contributed by atoms with E-state index in [1.165, 1.54) is 12.1 Å². The first-order valence-corrected chi connectivity index (χ1v) is 6.97. The second kappa shape index (κ2) is 5.44. The van der Waals surface area contributed by atoms with Crippen molar-refractivity contribution in [2.45, 2.75) is 38.9 Å². The summed E-state index contributed by atoms with van der Waals surface area (Å²) in [5.74, 6) is -0.355. The molecule has 1 aliphatic heterocycles. The summed E-state index contributed by atoms with van der Waals surface area (Å²) >= 11 is 0. The number of hydrogen-bond acceptors (Lipinski definition) is 4. The van der Waals surface area contributed by atoms with Gasteiger partial charge in [0.1, 0.15) is 5.82 Å². The zero-order chi connectivity index (χ0) is 15.8. The third-order valence-corrected chi connectivity index (χ3v) is 4.15. The first-order valence-electron chi connectivity index (χ1n) is 6.97. The molecule has 0 amide bonds. The third kappa shape index (κ3) is 3.12. The van der Waals surface area contributed by atoms with Crippen LogP contribution in [0.15, 0.2) is 23.7 Å². The van der Waals surface area contributed by atoms with Gasteiger partial charge < -0.3 is 20.8 Å². The van der Waals surface area contributed by atoms with Crippen LogP contribution in [0.2, 0.25) is 0 Å². The standard InChI is InChI=1S/C15H22BFN2O2/c1-14(2)15(3,4)21-16(20-14)11(9-18)7-10-8-12(19)5-6-13(10)17/h5-8H,9,18-19H2,1-4H3. The zero-order valence-corrected chi connectivity index (χ0v) is 12.9. The van der Waals surface area contributed by atoms with Gasteiger partial charge in [-0.3, -0.25) is 0 Å². The highest BCUT2D eigenvalue weighted by Crippen LogP contribution is 2.38. The SMILES string of the molecule is CC1(C)OB(C(=Cc2cc(N)ccc2F)CN)OC1(C)C. The Hall–Kier alpha value is -1.37. The average Bonchev–Trinajstić information content (AvgIpc) is 2.59. The molecule has 0 aromatic heterocycles. The van der Waals surface area contributed by atoms with Crippen molar-refractivity contribution in [3.8, 4) is 0 Å². The molecule has 2 rings (SSSR count). The molecule has 6 heteroatoms. The summed E-state index contributed by atoms with van der Waals surface area (Å²) in [6.07, 6.45) is 1.65. The van der Waals surface area contributed by atoms with Crippen LogP contribution in [0.25, 0.3) is 6.08 Å². The lowest BCUT2D eigenvalue weighted by molar-refractivity contribution is 0.00578. The van der Waals surface area contributed by atoms with E-state index in [1.807, 2.05) is 27.7 Å². The molecule has 0 aliphatic carbocycles. The van der Waals surface area contributed by atoms with Crippen LogP contribution in [-0.2, 0) is 9.31 Å². The predicted octanol–water partition coefficient (Wildman–Crippen LogP) is 2.38. The minimum Gasteiger partial charge on any atom is -0.400 e. The fourth-order valence-corrected chi connectivity index (χ4v) is 2.09. The van der Waals surface area contributed by atoms with Crippen LogP contribution in [0.3, 0.4) is 0 Å². The number of benzene rings is 1. The second-order valence-electron chi connectivity index (χ2n) is 6.29. The van der Waals surface area contributed by atoms with Gasteiger partial charge in [0.2, 0.25) is 0 Å². The van der Waals surface area contributed by atoms with Crippen LogP contribution in [0.1, 0.15) is 33.3 Å². The van der Waals surface area contributed by atoms with Gasteiger partial charge in [-0.25, -0.2) is 4.39 Å². The van der Waals surface area contributed by atoms with Crippen LogP contribution >= 0.6 is 0 Å². The number of rotatable bonds is 3. The molecule has 21 heavy (non-hydrogen) atoms. The fourth-order valence-electron chi connectivity index (χ4n) is 2.09. The number of nitrogens with two attached hydrogens (primary N) is 2. The molecule has 0 unspecified atom stereocenters. The zero-order valence-electron chi connectivity index (χ0n) is 12.9. The Bertz CT molecular complexity index is 557. The normalized spacial score (nSPS) is 20.9. The van der Waals surface area contributed by atoms with Crippen molar-refractivity contribution in [3.05, 3.63) is 35.1 Å². The smallest absolute Gasteiger partial charge is 0.400 e. The van der Waals surface area contributed by atoms with Gasteiger partial charge in [-0.15, -0.1) is 0 Å². The van der Waals surface area contributed by atoms with E-state index in [2.05, 4.69) is 0 Å². The van der Waals surface area contributed by atoms with Gasteiger partial charge in [0.25, 0.3) is 0 Å². The number of halogens is 1. The first kappa shape index (κ1) is 16.0. The topological polar surface area (TPSA) is 70.5 Å². The Labute approximate surface area is 125 Å². The van der Waals surface area contributed by atoms with Crippen molar-refractivity contribution in [1.82, 2.24) is 0 Å². The Balaban J connectivity index is 2.33. The van der Waals surface area contributed by atoms with E-state index in [4.69, 9.17) is 20.8 Å². The fraction of sp³-hybridized carbons (Fsp3) is 0.467. The lowest BCUT2D eigenvalue weighted by Gasteiger charge is -2.32. The summed E-state index contributed by atoms with van der Waals surface area (Å²) < 4.78 is 25.7. The van der Waals surface area contributed by atoms with Crippen LogP contribution in [0, 0.1) is 5.82 Å². The summed E-state index contributed by atoms with van der Waals surface area (Å²) in [5.41, 5.74) is 12.1. The monoisotopic (exact) mass is 292 g/mol. The van der Waals surface area contributed by atoms with E-state index in [0.717, 1.165) is 0 Å². The first-order chi connectivity index (χ1) is 9.66. The lowest BCUT2D eigenvalue weighted by atomic mass is 9.77. The lowest BCUT2D eigenvalue weighted by Crippen LogP contribution is -2.41. The molecule has 0 radical (unpaired) electrons. The second-order valence-corrected chi connectivity index (χ2v) is 6.29. The van der Waals surface area contributed by atoms with Gasteiger partial charge in [-0.1, -0.05) is 6.08 Å². The largest absolute Gasteiger partial charge is 0.491 e. The number of anilines is 1. The maximum atomic E-state index is 13.8. The average molecular weight is 292 g/mol. The molecule has 114 valence electrons. The van der Waals surface area contributed by atoms with Gasteiger partial charge in [-0.05, 0) is 51.4 Å². The Morgan fingerprint density at radius 2 is 1.81 bits per heavy atom. The molecule has 0 bridgehead atoms.